The first-order chi connectivity index (χ1) is 10.2. The highest BCUT2D eigenvalue weighted by molar-refractivity contribution is 5.67. The van der Waals surface area contributed by atoms with Crippen molar-refractivity contribution in [3.8, 4) is 0 Å². The summed E-state index contributed by atoms with van der Waals surface area (Å²) in [7, 11) is 0. The molecule has 0 aromatic heterocycles. The number of hydrogen-bond acceptors (Lipinski definition) is 3. The Morgan fingerprint density at radius 3 is 2.32 bits per heavy atom. The lowest BCUT2D eigenvalue weighted by Gasteiger charge is -2.24. The molecule has 2 N–H and O–H groups in total. The van der Waals surface area contributed by atoms with Gasteiger partial charge in [-0.3, -0.25) is 0 Å². The number of rotatable bonds is 6. The van der Waals surface area contributed by atoms with E-state index in [1.54, 1.807) is 0 Å². The van der Waals surface area contributed by atoms with Crippen molar-refractivity contribution in [3.05, 3.63) is 35.4 Å². The monoisotopic (exact) mass is 306 g/mol. The predicted octanol–water partition coefficient (Wildman–Crippen LogP) is 3.95. The predicted molar refractivity (Wildman–Crippen MR) is 91.0 cm³/mol. The number of carbonyl (C=O) groups excluding carboxylic acids is 1. The van der Waals surface area contributed by atoms with E-state index in [1.807, 2.05) is 20.8 Å². The van der Waals surface area contributed by atoms with Crippen LogP contribution >= 0.6 is 0 Å². The van der Waals surface area contributed by atoms with Gasteiger partial charge >= 0.3 is 6.09 Å². The van der Waals surface area contributed by atoms with Crippen LogP contribution in [-0.2, 0) is 4.74 Å². The van der Waals surface area contributed by atoms with Crippen molar-refractivity contribution < 1.29 is 9.53 Å². The Kier molecular flexibility index (Phi) is 6.88. The van der Waals surface area contributed by atoms with Gasteiger partial charge in [0.25, 0.3) is 0 Å². The minimum atomic E-state index is -0.464. The maximum atomic E-state index is 11.7. The molecule has 4 heteroatoms. The average molecular weight is 306 g/mol. The van der Waals surface area contributed by atoms with E-state index in [9.17, 15) is 4.79 Å². The standard InChI is InChI=1S/C18H30N2O2/c1-7-16(15-10-8-13(2)9-11-15)20-14(3)12-19-17(21)22-18(4,5)6/h8-11,14,16,20H,7,12H2,1-6H3,(H,19,21). The third-order valence-corrected chi connectivity index (χ3v) is 3.33. The van der Waals surface area contributed by atoms with E-state index in [4.69, 9.17) is 4.74 Å². The van der Waals surface area contributed by atoms with Crippen molar-refractivity contribution in [2.24, 2.45) is 0 Å². The zero-order valence-corrected chi connectivity index (χ0v) is 14.7. The number of nitrogens with one attached hydrogen (secondary N) is 2. The number of amides is 1. The molecule has 0 aliphatic heterocycles. The van der Waals surface area contributed by atoms with Gasteiger partial charge in [0.05, 0.1) is 0 Å². The lowest BCUT2D eigenvalue weighted by Crippen LogP contribution is -2.42. The molecule has 0 fully saturated rings. The molecule has 1 amide bonds. The van der Waals surface area contributed by atoms with Gasteiger partial charge < -0.3 is 15.4 Å². The lowest BCUT2D eigenvalue weighted by molar-refractivity contribution is 0.0522. The van der Waals surface area contributed by atoms with E-state index >= 15 is 0 Å². The molecule has 0 radical (unpaired) electrons. The van der Waals surface area contributed by atoms with E-state index in [0.29, 0.717) is 6.54 Å². The van der Waals surface area contributed by atoms with Gasteiger partial charge in [0, 0.05) is 18.6 Å². The fourth-order valence-electron chi connectivity index (χ4n) is 2.20. The summed E-state index contributed by atoms with van der Waals surface area (Å²) in [6, 6.07) is 9.02. The molecule has 124 valence electrons. The molecule has 0 bridgehead atoms. The Bertz CT molecular complexity index is 463. The molecule has 2 unspecified atom stereocenters. The van der Waals surface area contributed by atoms with E-state index in [2.05, 4.69) is 55.7 Å². The van der Waals surface area contributed by atoms with Crippen LogP contribution in [0.5, 0.6) is 0 Å². The summed E-state index contributed by atoms with van der Waals surface area (Å²) < 4.78 is 5.24. The maximum Gasteiger partial charge on any atom is 0.407 e. The van der Waals surface area contributed by atoms with Gasteiger partial charge in [-0.2, -0.15) is 0 Å². The molecule has 1 aromatic carbocycles. The SMILES string of the molecule is CCC(NC(C)CNC(=O)OC(C)(C)C)c1ccc(C)cc1. The molecule has 4 nitrogen and oxygen atoms in total. The van der Waals surface area contributed by atoms with Gasteiger partial charge in [-0.25, -0.2) is 4.79 Å². The number of benzene rings is 1. The van der Waals surface area contributed by atoms with Gasteiger partial charge in [-0.15, -0.1) is 0 Å². The average Bonchev–Trinajstić information content (AvgIpc) is 2.42. The highest BCUT2D eigenvalue weighted by Gasteiger charge is 2.17. The Hall–Kier alpha value is -1.55. The van der Waals surface area contributed by atoms with Crippen molar-refractivity contribution in [1.29, 1.82) is 0 Å². The number of hydrogen-bond donors (Lipinski definition) is 2. The molecule has 0 saturated heterocycles. The van der Waals surface area contributed by atoms with E-state index in [1.165, 1.54) is 11.1 Å². The second-order valence-corrected chi connectivity index (χ2v) is 6.82. The number of aryl methyl sites for hydroxylation is 1. The van der Waals surface area contributed by atoms with Gasteiger partial charge in [0.1, 0.15) is 5.60 Å². The summed E-state index contributed by atoms with van der Waals surface area (Å²) in [5.74, 6) is 0. The lowest BCUT2D eigenvalue weighted by atomic mass is 10.0. The summed E-state index contributed by atoms with van der Waals surface area (Å²) >= 11 is 0. The van der Waals surface area contributed by atoms with Crippen LogP contribution < -0.4 is 10.6 Å². The van der Waals surface area contributed by atoms with Crippen LogP contribution in [-0.4, -0.2) is 24.3 Å². The third kappa shape index (κ3) is 6.94. The van der Waals surface area contributed by atoms with Gasteiger partial charge in [0.2, 0.25) is 0 Å². The summed E-state index contributed by atoms with van der Waals surface area (Å²) in [4.78, 5) is 11.7. The third-order valence-electron chi connectivity index (χ3n) is 3.33. The van der Waals surface area contributed by atoms with E-state index < -0.39 is 5.60 Å². The summed E-state index contributed by atoms with van der Waals surface area (Å²) in [6.45, 7) is 12.4. The minimum absolute atomic E-state index is 0.166. The van der Waals surface area contributed by atoms with Crippen molar-refractivity contribution in [2.45, 2.75) is 65.6 Å². The van der Waals surface area contributed by atoms with Crippen LogP contribution in [0.3, 0.4) is 0 Å². The van der Waals surface area contributed by atoms with Crippen molar-refractivity contribution in [2.75, 3.05) is 6.54 Å². The molecule has 22 heavy (non-hydrogen) atoms. The molecule has 2 atom stereocenters. The van der Waals surface area contributed by atoms with Crippen LogP contribution in [0.15, 0.2) is 24.3 Å². The quantitative estimate of drug-likeness (QED) is 0.836. The molecule has 1 aromatic rings. The molecule has 1 rings (SSSR count). The van der Waals surface area contributed by atoms with Crippen LogP contribution in [0.4, 0.5) is 4.79 Å². The number of alkyl carbamates (subject to hydrolysis) is 1. The fourth-order valence-corrected chi connectivity index (χ4v) is 2.20. The summed E-state index contributed by atoms with van der Waals surface area (Å²) in [5, 5.41) is 6.36. The first-order valence-corrected chi connectivity index (χ1v) is 8.00. The Morgan fingerprint density at radius 2 is 1.82 bits per heavy atom. The minimum Gasteiger partial charge on any atom is -0.444 e. The van der Waals surface area contributed by atoms with Crippen molar-refractivity contribution in [1.82, 2.24) is 10.6 Å². The summed E-state index contributed by atoms with van der Waals surface area (Å²) in [6.07, 6.45) is 0.629. The molecule has 0 saturated carbocycles. The number of ether oxygens (including phenoxy) is 1. The Balaban J connectivity index is 2.47. The van der Waals surface area contributed by atoms with Gasteiger partial charge in [-0.05, 0) is 46.6 Å². The van der Waals surface area contributed by atoms with E-state index in [0.717, 1.165) is 6.42 Å². The Morgan fingerprint density at radius 1 is 1.23 bits per heavy atom. The van der Waals surface area contributed by atoms with Crippen LogP contribution in [0, 0.1) is 6.92 Å². The molecule has 0 spiro atoms. The smallest absolute Gasteiger partial charge is 0.407 e. The first kappa shape index (κ1) is 18.5. The number of carbonyl (C=O) groups is 1. The topological polar surface area (TPSA) is 50.4 Å². The molecule has 0 aliphatic carbocycles. The van der Waals surface area contributed by atoms with Crippen molar-refractivity contribution >= 4 is 6.09 Å². The second kappa shape index (κ2) is 8.18. The van der Waals surface area contributed by atoms with Crippen LogP contribution in [0.25, 0.3) is 0 Å². The zero-order chi connectivity index (χ0) is 16.8. The molecule has 0 heterocycles. The Labute approximate surface area is 134 Å². The maximum absolute atomic E-state index is 11.7. The fraction of sp³-hybridized carbons (Fsp3) is 0.611. The van der Waals surface area contributed by atoms with Crippen LogP contribution in [0.2, 0.25) is 0 Å². The van der Waals surface area contributed by atoms with Crippen molar-refractivity contribution in [3.63, 3.8) is 0 Å². The summed E-state index contributed by atoms with van der Waals surface area (Å²) in [5.41, 5.74) is 2.07. The normalized spacial score (nSPS) is 14.3. The van der Waals surface area contributed by atoms with Crippen LogP contribution in [0.1, 0.15) is 58.2 Å². The second-order valence-electron chi connectivity index (χ2n) is 6.82. The van der Waals surface area contributed by atoms with Gasteiger partial charge in [0.15, 0.2) is 0 Å². The van der Waals surface area contributed by atoms with E-state index in [-0.39, 0.29) is 18.2 Å². The van der Waals surface area contributed by atoms with Gasteiger partial charge in [-0.1, -0.05) is 36.8 Å². The molecular weight excluding hydrogens is 276 g/mol. The highest BCUT2D eigenvalue weighted by Crippen LogP contribution is 2.17. The zero-order valence-electron chi connectivity index (χ0n) is 14.7. The highest BCUT2D eigenvalue weighted by atomic mass is 16.6. The largest absolute Gasteiger partial charge is 0.444 e. The molecule has 0 aliphatic rings. The molecular formula is C18H30N2O2. The first-order valence-electron chi connectivity index (χ1n) is 8.00.